The topological polar surface area (TPSA) is 53.4 Å². The highest BCUT2D eigenvalue weighted by atomic mass is 32.2. The Morgan fingerprint density at radius 1 is 1.54 bits per heavy atom. The van der Waals surface area contributed by atoms with Crippen LogP contribution in [0.1, 0.15) is 20.3 Å². The first-order chi connectivity index (χ1) is 5.81. The molecule has 0 saturated carbocycles. The van der Waals surface area contributed by atoms with Crippen molar-refractivity contribution < 1.29 is 8.95 Å². The second kappa shape index (κ2) is 3.55. The van der Waals surface area contributed by atoms with Crippen molar-refractivity contribution in [2.45, 2.75) is 25.9 Å². The van der Waals surface area contributed by atoms with Gasteiger partial charge in [-0.15, -0.1) is 0 Å². The van der Waals surface area contributed by atoms with E-state index in [1.54, 1.807) is 4.31 Å². The third kappa shape index (κ3) is 3.25. The molecule has 5 heteroatoms. The van der Waals surface area contributed by atoms with Crippen molar-refractivity contribution in [1.82, 2.24) is 4.31 Å². The lowest BCUT2D eigenvalue weighted by molar-refractivity contribution is -0.00978. The number of rotatable bonds is 1. The van der Waals surface area contributed by atoms with Crippen molar-refractivity contribution in [1.29, 1.82) is 4.78 Å². The average molecular weight is 206 g/mol. The molecule has 1 unspecified atom stereocenters. The summed E-state index contributed by atoms with van der Waals surface area (Å²) in [5.74, 6) is 0. The Kier molecular flexibility index (Phi) is 2.99. The Balaban J connectivity index is 2.77. The Labute approximate surface area is 80.4 Å². The summed E-state index contributed by atoms with van der Waals surface area (Å²) in [6.07, 6.45) is 2.32. The van der Waals surface area contributed by atoms with Crippen molar-refractivity contribution in [2.75, 3.05) is 26.0 Å². The molecule has 0 aromatic carbocycles. The van der Waals surface area contributed by atoms with E-state index in [1.165, 1.54) is 6.26 Å². The van der Waals surface area contributed by atoms with E-state index in [2.05, 4.69) is 0 Å². The van der Waals surface area contributed by atoms with Gasteiger partial charge in [-0.2, -0.15) is 0 Å². The quantitative estimate of drug-likeness (QED) is 0.698. The zero-order valence-electron chi connectivity index (χ0n) is 8.50. The zero-order valence-corrected chi connectivity index (χ0v) is 9.32. The SMILES string of the molecule is CC1(C)CN(S(C)(=N)=O)CCCO1. The second-order valence-corrected chi connectivity index (χ2v) is 6.25. The van der Waals surface area contributed by atoms with E-state index in [-0.39, 0.29) is 5.60 Å². The maximum atomic E-state index is 11.5. The third-order valence-electron chi connectivity index (χ3n) is 2.09. The first kappa shape index (κ1) is 10.9. The van der Waals surface area contributed by atoms with Crippen LogP contribution >= 0.6 is 0 Å². The van der Waals surface area contributed by atoms with Crippen LogP contribution in [0.5, 0.6) is 0 Å². The van der Waals surface area contributed by atoms with Gasteiger partial charge in [-0.3, -0.25) is 0 Å². The molecule has 1 fully saturated rings. The highest BCUT2D eigenvalue weighted by molar-refractivity contribution is 7.89. The maximum absolute atomic E-state index is 11.5. The molecule has 1 aliphatic rings. The van der Waals surface area contributed by atoms with Crippen LogP contribution in [0.15, 0.2) is 0 Å². The number of ether oxygens (including phenoxy) is 1. The first-order valence-corrected chi connectivity index (χ1v) is 6.36. The molecular formula is C8H18N2O2S. The van der Waals surface area contributed by atoms with Gasteiger partial charge in [0.05, 0.1) is 5.60 Å². The van der Waals surface area contributed by atoms with Crippen LogP contribution in [0.3, 0.4) is 0 Å². The van der Waals surface area contributed by atoms with Gasteiger partial charge in [0, 0.05) is 26.0 Å². The van der Waals surface area contributed by atoms with Gasteiger partial charge in [-0.05, 0) is 20.3 Å². The summed E-state index contributed by atoms with van der Waals surface area (Å²) < 4.78 is 26.3. The van der Waals surface area contributed by atoms with Gasteiger partial charge in [0.25, 0.3) is 0 Å². The van der Waals surface area contributed by atoms with Crippen molar-refractivity contribution >= 4 is 9.92 Å². The summed E-state index contributed by atoms with van der Waals surface area (Å²) in [7, 11) is -2.57. The molecule has 0 aliphatic carbocycles. The molecule has 78 valence electrons. The lowest BCUT2D eigenvalue weighted by Gasteiger charge is -2.28. The molecule has 0 bridgehead atoms. The predicted octanol–water partition coefficient (Wildman–Crippen LogP) is 1.08. The fraction of sp³-hybridized carbons (Fsp3) is 1.00. The van der Waals surface area contributed by atoms with Crippen molar-refractivity contribution in [3.8, 4) is 0 Å². The van der Waals surface area contributed by atoms with Gasteiger partial charge >= 0.3 is 0 Å². The molecule has 1 heterocycles. The van der Waals surface area contributed by atoms with Gasteiger partial charge in [0.15, 0.2) is 0 Å². The lowest BCUT2D eigenvalue weighted by Crippen LogP contribution is -2.40. The van der Waals surface area contributed by atoms with Gasteiger partial charge in [0.2, 0.25) is 0 Å². The Morgan fingerprint density at radius 3 is 2.69 bits per heavy atom. The maximum Gasteiger partial charge on any atom is 0.104 e. The molecule has 0 amide bonds. The van der Waals surface area contributed by atoms with Crippen molar-refractivity contribution in [2.24, 2.45) is 0 Å². The lowest BCUT2D eigenvalue weighted by atomic mass is 10.1. The molecule has 1 saturated heterocycles. The zero-order chi connectivity index (χ0) is 10.1. The van der Waals surface area contributed by atoms with Crippen molar-refractivity contribution in [3.05, 3.63) is 0 Å². The summed E-state index contributed by atoms with van der Waals surface area (Å²) in [6.45, 7) is 5.90. The second-order valence-electron chi connectivity index (χ2n) is 4.13. The van der Waals surface area contributed by atoms with Crippen LogP contribution in [-0.4, -0.2) is 40.1 Å². The molecule has 1 rings (SSSR count). The van der Waals surface area contributed by atoms with Gasteiger partial charge in [-0.25, -0.2) is 13.3 Å². The normalized spacial score (nSPS) is 29.2. The molecule has 0 spiro atoms. The van der Waals surface area contributed by atoms with Crippen LogP contribution in [-0.2, 0) is 14.7 Å². The molecule has 0 aromatic rings. The third-order valence-corrected chi connectivity index (χ3v) is 3.39. The fourth-order valence-electron chi connectivity index (χ4n) is 1.44. The average Bonchev–Trinajstić information content (AvgIpc) is 2.08. The monoisotopic (exact) mass is 206 g/mol. The Morgan fingerprint density at radius 2 is 2.15 bits per heavy atom. The van der Waals surface area contributed by atoms with E-state index in [9.17, 15) is 4.21 Å². The van der Waals surface area contributed by atoms with Gasteiger partial charge in [0.1, 0.15) is 9.92 Å². The van der Waals surface area contributed by atoms with Crippen LogP contribution in [0.4, 0.5) is 0 Å². The number of hydrogen-bond acceptors (Lipinski definition) is 3. The summed E-state index contributed by atoms with van der Waals surface area (Å²) >= 11 is 0. The minimum absolute atomic E-state index is 0.282. The number of nitrogens with zero attached hydrogens (tertiary/aromatic N) is 1. The molecular weight excluding hydrogens is 188 g/mol. The van der Waals surface area contributed by atoms with E-state index in [0.717, 1.165) is 6.42 Å². The number of hydrogen-bond donors (Lipinski definition) is 1. The summed E-state index contributed by atoms with van der Waals surface area (Å²) in [6, 6.07) is 0. The highest BCUT2D eigenvalue weighted by Gasteiger charge is 2.28. The van der Waals surface area contributed by atoms with E-state index >= 15 is 0 Å². The summed E-state index contributed by atoms with van der Waals surface area (Å²) in [5.41, 5.74) is -0.282. The van der Waals surface area contributed by atoms with E-state index in [1.807, 2.05) is 13.8 Å². The molecule has 1 aliphatic heterocycles. The van der Waals surface area contributed by atoms with Crippen molar-refractivity contribution in [3.63, 3.8) is 0 Å². The largest absolute Gasteiger partial charge is 0.374 e. The van der Waals surface area contributed by atoms with E-state index < -0.39 is 9.92 Å². The van der Waals surface area contributed by atoms with Crippen LogP contribution in [0.25, 0.3) is 0 Å². The summed E-state index contributed by atoms with van der Waals surface area (Å²) in [4.78, 5) is 0. The number of nitrogens with one attached hydrogen (secondary N) is 1. The summed E-state index contributed by atoms with van der Waals surface area (Å²) in [5, 5.41) is 0. The van der Waals surface area contributed by atoms with E-state index in [4.69, 9.17) is 9.52 Å². The smallest absolute Gasteiger partial charge is 0.104 e. The molecule has 1 N–H and O–H groups in total. The fourth-order valence-corrected chi connectivity index (χ4v) is 2.47. The predicted molar refractivity (Wildman–Crippen MR) is 53.0 cm³/mol. The molecule has 0 radical (unpaired) electrons. The van der Waals surface area contributed by atoms with Crippen LogP contribution in [0, 0.1) is 4.78 Å². The van der Waals surface area contributed by atoms with Gasteiger partial charge in [-0.1, -0.05) is 0 Å². The van der Waals surface area contributed by atoms with E-state index in [0.29, 0.717) is 19.7 Å². The molecule has 4 nitrogen and oxygen atoms in total. The highest BCUT2D eigenvalue weighted by Crippen LogP contribution is 2.18. The Hall–Kier alpha value is -0.130. The molecule has 13 heavy (non-hydrogen) atoms. The van der Waals surface area contributed by atoms with Gasteiger partial charge < -0.3 is 4.74 Å². The van der Waals surface area contributed by atoms with Crippen LogP contribution in [0.2, 0.25) is 0 Å². The molecule has 0 aromatic heterocycles. The minimum atomic E-state index is -2.57. The Bertz CT molecular complexity index is 272. The van der Waals surface area contributed by atoms with Crippen LogP contribution < -0.4 is 0 Å². The standard InChI is InChI=1S/C8H18N2O2S/c1-8(2)7-10(13(3,9)11)5-4-6-12-8/h9H,4-7H2,1-3H3. The molecule has 1 atom stereocenters. The minimum Gasteiger partial charge on any atom is -0.374 e. The first-order valence-electron chi connectivity index (χ1n) is 4.44.